The number of rotatable bonds is 8. The zero-order valence-corrected chi connectivity index (χ0v) is 15.6. The quantitative estimate of drug-likeness (QED) is 0.607. The summed E-state index contributed by atoms with van der Waals surface area (Å²) >= 11 is 0. The molecule has 0 atom stereocenters. The summed E-state index contributed by atoms with van der Waals surface area (Å²) in [5.74, 6) is 1.21. The lowest BCUT2D eigenvalue weighted by Gasteiger charge is -2.10. The lowest BCUT2D eigenvalue weighted by Crippen LogP contribution is -2.24. The van der Waals surface area contributed by atoms with Gasteiger partial charge in [-0.1, -0.05) is 60.5 Å². The van der Waals surface area contributed by atoms with E-state index in [1.807, 2.05) is 43.3 Å². The smallest absolute Gasteiger partial charge is 0.264 e. The van der Waals surface area contributed by atoms with E-state index in [9.17, 15) is 4.79 Å². The Labute approximate surface area is 158 Å². The van der Waals surface area contributed by atoms with Crippen LogP contribution in [0.3, 0.4) is 0 Å². The van der Waals surface area contributed by atoms with Crippen LogP contribution in [0.4, 0.5) is 0 Å². The van der Waals surface area contributed by atoms with Gasteiger partial charge in [-0.2, -0.15) is 4.98 Å². The van der Waals surface area contributed by atoms with Crippen molar-refractivity contribution in [2.45, 2.75) is 33.3 Å². The summed E-state index contributed by atoms with van der Waals surface area (Å²) in [6, 6.07) is 15.0. The number of aryl methyl sites for hydroxylation is 1. The molecule has 0 aliphatic heterocycles. The van der Waals surface area contributed by atoms with E-state index in [2.05, 4.69) is 22.4 Å². The molecule has 6 heteroatoms. The molecule has 0 saturated heterocycles. The minimum Gasteiger partial charge on any atom is -0.483 e. The first-order valence-corrected chi connectivity index (χ1v) is 9.07. The van der Waals surface area contributed by atoms with Crippen LogP contribution in [0.15, 0.2) is 53.1 Å². The first kappa shape index (κ1) is 18.6. The number of nitrogens with zero attached hydrogens (tertiary/aromatic N) is 2. The van der Waals surface area contributed by atoms with Gasteiger partial charge in [0.2, 0.25) is 5.82 Å². The first-order valence-electron chi connectivity index (χ1n) is 9.07. The van der Waals surface area contributed by atoms with Crippen LogP contribution in [0, 0.1) is 6.92 Å². The van der Waals surface area contributed by atoms with Crippen molar-refractivity contribution in [1.29, 1.82) is 0 Å². The molecular formula is C21H23N3O3. The summed E-state index contributed by atoms with van der Waals surface area (Å²) in [6.07, 6.45) is 1.97. The lowest BCUT2D eigenvalue weighted by molar-refractivity contribution is 0.0947. The van der Waals surface area contributed by atoms with Crippen LogP contribution in [0.1, 0.15) is 41.6 Å². The molecule has 0 bridgehead atoms. The highest BCUT2D eigenvalue weighted by molar-refractivity contribution is 5.96. The standard InChI is InChI=1S/C21H23N3O3/c1-3-4-13-22-21(25)17-7-5-6-8-18(17)26-14-19-23-20(24-27-19)16-11-9-15(2)10-12-16/h5-12H,3-4,13-14H2,1-2H3,(H,22,25). The van der Waals surface area contributed by atoms with E-state index in [1.165, 1.54) is 5.56 Å². The SMILES string of the molecule is CCCCNC(=O)c1ccccc1OCc1nc(-c2ccc(C)cc2)no1. The summed E-state index contributed by atoms with van der Waals surface area (Å²) in [5, 5.41) is 6.89. The summed E-state index contributed by atoms with van der Waals surface area (Å²) in [5.41, 5.74) is 2.54. The fourth-order valence-corrected chi connectivity index (χ4v) is 2.53. The van der Waals surface area contributed by atoms with Crippen molar-refractivity contribution in [3.05, 3.63) is 65.5 Å². The van der Waals surface area contributed by atoms with Gasteiger partial charge in [-0.25, -0.2) is 0 Å². The van der Waals surface area contributed by atoms with Crippen LogP contribution in [0.25, 0.3) is 11.4 Å². The molecule has 0 aliphatic carbocycles. The zero-order chi connectivity index (χ0) is 19.1. The third kappa shape index (κ3) is 4.94. The van der Waals surface area contributed by atoms with Crippen LogP contribution < -0.4 is 10.1 Å². The van der Waals surface area contributed by atoms with Gasteiger partial charge in [-0.3, -0.25) is 4.79 Å². The highest BCUT2D eigenvalue weighted by Crippen LogP contribution is 2.20. The van der Waals surface area contributed by atoms with Crippen molar-refractivity contribution >= 4 is 5.91 Å². The van der Waals surface area contributed by atoms with Crippen molar-refractivity contribution < 1.29 is 14.1 Å². The maximum Gasteiger partial charge on any atom is 0.264 e. The van der Waals surface area contributed by atoms with Gasteiger partial charge in [-0.15, -0.1) is 0 Å². The number of hydrogen-bond donors (Lipinski definition) is 1. The fourth-order valence-electron chi connectivity index (χ4n) is 2.53. The first-order chi connectivity index (χ1) is 13.2. The Hall–Kier alpha value is -3.15. The number of unbranched alkanes of at least 4 members (excludes halogenated alkanes) is 1. The third-order valence-electron chi connectivity index (χ3n) is 4.08. The molecule has 0 radical (unpaired) electrons. The molecule has 27 heavy (non-hydrogen) atoms. The molecule has 0 unspecified atom stereocenters. The summed E-state index contributed by atoms with van der Waals surface area (Å²) in [7, 11) is 0. The predicted octanol–water partition coefficient (Wildman–Crippen LogP) is 4.15. The second-order valence-corrected chi connectivity index (χ2v) is 6.27. The van der Waals surface area contributed by atoms with Gasteiger partial charge in [0.15, 0.2) is 6.61 Å². The number of carbonyl (C=O) groups excluding carboxylic acids is 1. The molecular weight excluding hydrogens is 342 g/mol. The number of nitrogens with one attached hydrogen (secondary N) is 1. The second-order valence-electron chi connectivity index (χ2n) is 6.27. The Morgan fingerprint density at radius 3 is 2.70 bits per heavy atom. The number of para-hydroxylation sites is 1. The van der Waals surface area contributed by atoms with Gasteiger partial charge in [-0.05, 0) is 25.5 Å². The summed E-state index contributed by atoms with van der Waals surface area (Å²) in [6.45, 7) is 4.85. The Balaban J connectivity index is 1.65. The van der Waals surface area contributed by atoms with Crippen LogP contribution in [0.5, 0.6) is 5.75 Å². The van der Waals surface area contributed by atoms with Gasteiger partial charge in [0.25, 0.3) is 11.8 Å². The minimum absolute atomic E-state index is 0.0954. The Bertz CT molecular complexity index is 888. The van der Waals surface area contributed by atoms with Gasteiger partial charge < -0.3 is 14.6 Å². The maximum absolute atomic E-state index is 12.3. The van der Waals surface area contributed by atoms with E-state index in [0.717, 1.165) is 18.4 Å². The number of ether oxygens (including phenoxy) is 1. The van der Waals surface area contributed by atoms with E-state index in [1.54, 1.807) is 12.1 Å². The van der Waals surface area contributed by atoms with Crippen molar-refractivity contribution in [2.24, 2.45) is 0 Å². The molecule has 0 saturated carbocycles. The lowest BCUT2D eigenvalue weighted by atomic mass is 10.1. The van der Waals surface area contributed by atoms with Gasteiger partial charge in [0.05, 0.1) is 5.56 Å². The second kappa shape index (κ2) is 8.98. The molecule has 2 aromatic carbocycles. The molecule has 1 N–H and O–H groups in total. The minimum atomic E-state index is -0.148. The largest absolute Gasteiger partial charge is 0.483 e. The average molecular weight is 365 g/mol. The normalized spacial score (nSPS) is 10.6. The Morgan fingerprint density at radius 1 is 1.15 bits per heavy atom. The Morgan fingerprint density at radius 2 is 1.93 bits per heavy atom. The van der Waals surface area contributed by atoms with E-state index in [-0.39, 0.29) is 12.5 Å². The number of aromatic nitrogens is 2. The predicted molar refractivity (Wildman–Crippen MR) is 102 cm³/mol. The van der Waals surface area contributed by atoms with Crippen molar-refractivity contribution in [3.63, 3.8) is 0 Å². The number of amides is 1. The molecule has 0 fully saturated rings. The molecule has 6 nitrogen and oxygen atoms in total. The van der Waals surface area contributed by atoms with E-state index in [0.29, 0.717) is 29.6 Å². The van der Waals surface area contributed by atoms with E-state index in [4.69, 9.17) is 9.26 Å². The Kier molecular flexibility index (Phi) is 6.20. The number of carbonyl (C=O) groups is 1. The zero-order valence-electron chi connectivity index (χ0n) is 15.6. The van der Waals surface area contributed by atoms with Crippen LogP contribution >= 0.6 is 0 Å². The average Bonchev–Trinajstić information content (AvgIpc) is 3.16. The van der Waals surface area contributed by atoms with Crippen molar-refractivity contribution in [3.8, 4) is 17.1 Å². The number of hydrogen-bond acceptors (Lipinski definition) is 5. The molecule has 3 aromatic rings. The topological polar surface area (TPSA) is 77.2 Å². The monoisotopic (exact) mass is 365 g/mol. The van der Waals surface area contributed by atoms with E-state index < -0.39 is 0 Å². The maximum atomic E-state index is 12.3. The fraction of sp³-hybridized carbons (Fsp3) is 0.286. The molecule has 1 aromatic heterocycles. The number of benzene rings is 2. The molecule has 0 aliphatic rings. The van der Waals surface area contributed by atoms with E-state index >= 15 is 0 Å². The summed E-state index contributed by atoms with van der Waals surface area (Å²) in [4.78, 5) is 16.7. The summed E-state index contributed by atoms with van der Waals surface area (Å²) < 4.78 is 11.0. The molecule has 1 heterocycles. The van der Waals surface area contributed by atoms with Crippen molar-refractivity contribution in [1.82, 2.24) is 15.5 Å². The van der Waals surface area contributed by atoms with Gasteiger partial charge in [0.1, 0.15) is 5.75 Å². The molecule has 3 rings (SSSR count). The van der Waals surface area contributed by atoms with Crippen LogP contribution in [-0.4, -0.2) is 22.6 Å². The van der Waals surface area contributed by atoms with Crippen LogP contribution in [0.2, 0.25) is 0 Å². The highest BCUT2D eigenvalue weighted by Gasteiger charge is 2.14. The third-order valence-corrected chi connectivity index (χ3v) is 4.08. The highest BCUT2D eigenvalue weighted by atomic mass is 16.5. The molecule has 140 valence electrons. The molecule has 1 amide bonds. The van der Waals surface area contributed by atoms with Gasteiger partial charge >= 0.3 is 0 Å². The van der Waals surface area contributed by atoms with Crippen LogP contribution in [-0.2, 0) is 6.61 Å². The van der Waals surface area contributed by atoms with Gasteiger partial charge in [0, 0.05) is 12.1 Å². The molecule has 0 spiro atoms. The van der Waals surface area contributed by atoms with Crippen molar-refractivity contribution in [2.75, 3.05) is 6.54 Å².